The van der Waals surface area contributed by atoms with Gasteiger partial charge in [-0.3, -0.25) is 0 Å². The molecule has 2 heterocycles. The van der Waals surface area contributed by atoms with E-state index in [9.17, 15) is 5.26 Å². The summed E-state index contributed by atoms with van der Waals surface area (Å²) < 4.78 is 11.1. The van der Waals surface area contributed by atoms with Crippen molar-refractivity contribution in [3.05, 3.63) is 83.7 Å². The predicted molar refractivity (Wildman–Crippen MR) is 127 cm³/mol. The zero-order chi connectivity index (χ0) is 21.5. The van der Waals surface area contributed by atoms with Gasteiger partial charge >= 0.3 is 0 Å². The van der Waals surface area contributed by atoms with Gasteiger partial charge in [-0.15, -0.1) is 23.1 Å². The summed E-state index contributed by atoms with van der Waals surface area (Å²) >= 11 is 3.17. The topological polar surface area (TPSA) is 55.1 Å². The summed E-state index contributed by atoms with van der Waals surface area (Å²) in [7, 11) is 1.64. The van der Waals surface area contributed by atoms with Gasteiger partial charge in [0.05, 0.1) is 29.9 Å². The molecule has 0 radical (unpaired) electrons. The van der Waals surface area contributed by atoms with E-state index in [0.717, 1.165) is 38.2 Å². The average molecular weight is 445 g/mol. The number of methoxy groups -OCH3 is 1. The Balaban J connectivity index is 1.64. The van der Waals surface area contributed by atoms with Crippen LogP contribution in [-0.2, 0) is 0 Å². The summed E-state index contributed by atoms with van der Waals surface area (Å²) in [4.78, 5) is 5.89. The lowest BCUT2D eigenvalue weighted by Gasteiger charge is -2.12. The van der Waals surface area contributed by atoms with Gasteiger partial charge in [-0.2, -0.15) is 5.26 Å². The van der Waals surface area contributed by atoms with Gasteiger partial charge in [-0.25, -0.2) is 4.98 Å². The van der Waals surface area contributed by atoms with E-state index in [-0.39, 0.29) is 0 Å². The van der Waals surface area contributed by atoms with Crippen LogP contribution in [-0.4, -0.2) is 24.5 Å². The fourth-order valence-electron chi connectivity index (χ4n) is 3.10. The molecule has 4 nitrogen and oxygen atoms in total. The highest BCUT2D eigenvalue weighted by molar-refractivity contribution is 7.99. The minimum absolute atomic E-state index is 0.530. The molecule has 0 amide bonds. The van der Waals surface area contributed by atoms with Gasteiger partial charge in [-0.05, 0) is 47.3 Å². The van der Waals surface area contributed by atoms with Crippen LogP contribution < -0.4 is 9.47 Å². The summed E-state index contributed by atoms with van der Waals surface area (Å²) in [5.41, 5.74) is 3.27. The first-order chi connectivity index (χ1) is 15.3. The number of ether oxygens (including phenoxy) is 2. The van der Waals surface area contributed by atoms with Crippen LogP contribution in [0.3, 0.4) is 0 Å². The van der Waals surface area contributed by atoms with Crippen molar-refractivity contribution in [2.75, 3.05) is 19.5 Å². The van der Waals surface area contributed by atoms with E-state index in [1.54, 1.807) is 30.2 Å². The maximum absolute atomic E-state index is 9.96. The number of benzene rings is 2. The first-order valence-corrected chi connectivity index (χ1v) is 11.6. The number of hydrogen-bond acceptors (Lipinski definition) is 6. The molecule has 0 aliphatic carbocycles. The monoisotopic (exact) mass is 444 g/mol. The summed E-state index contributed by atoms with van der Waals surface area (Å²) in [6, 6.07) is 25.9. The highest BCUT2D eigenvalue weighted by Crippen LogP contribution is 2.36. The molecule has 4 rings (SSSR count). The van der Waals surface area contributed by atoms with E-state index in [4.69, 9.17) is 14.5 Å². The second kappa shape index (κ2) is 10.2. The standard InChI is InChI=1S/C25H20N2O2S2/c1-28-19-11-9-18(10-12-19)21-16-23(24-8-5-14-30-24)27-25(22(21)17-26)31-15-13-29-20-6-3-2-4-7-20/h2-12,14,16H,13,15H2,1H3. The molecule has 4 aromatic rings. The van der Waals surface area contributed by atoms with Gasteiger partial charge in [0, 0.05) is 11.3 Å². The Morgan fingerprint density at radius 3 is 2.48 bits per heavy atom. The van der Waals surface area contributed by atoms with Crippen molar-refractivity contribution in [2.45, 2.75) is 5.03 Å². The number of hydrogen-bond donors (Lipinski definition) is 0. The molecule has 0 saturated heterocycles. The molecule has 31 heavy (non-hydrogen) atoms. The maximum atomic E-state index is 9.96. The van der Waals surface area contributed by atoms with E-state index in [1.165, 1.54) is 0 Å². The first kappa shape index (κ1) is 21.0. The van der Waals surface area contributed by atoms with Crippen molar-refractivity contribution in [2.24, 2.45) is 0 Å². The van der Waals surface area contributed by atoms with Crippen molar-refractivity contribution in [3.8, 4) is 39.3 Å². The van der Waals surface area contributed by atoms with Gasteiger partial charge < -0.3 is 9.47 Å². The van der Waals surface area contributed by atoms with Crippen molar-refractivity contribution >= 4 is 23.1 Å². The fourth-order valence-corrected chi connectivity index (χ4v) is 4.61. The number of thioether (sulfide) groups is 1. The molecular formula is C25H20N2O2S2. The number of pyridine rings is 1. The van der Waals surface area contributed by atoms with Crippen molar-refractivity contribution in [1.82, 2.24) is 4.98 Å². The summed E-state index contributed by atoms with van der Waals surface area (Å²) in [6.07, 6.45) is 0. The van der Waals surface area contributed by atoms with Crippen LogP contribution >= 0.6 is 23.1 Å². The Hall–Kier alpha value is -3.27. The van der Waals surface area contributed by atoms with Crippen LogP contribution in [0.15, 0.2) is 83.2 Å². The number of thiophene rings is 1. The molecule has 0 aliphatic heterocycles. The third-order valence-electron chi connectivity index (χ3n) is 4.61. The lowest BCUT2D eigenvalue weighted by Crippen LogP contribution is -2.02. The Morgan fingerprint density at radius 2 is 1.81 bits per heavy atom. The van der Waals surface area contributed by atoms with Gasteiger partial charge in [0.2, 0.25) is 0 Å². The molecule has 0 saturated carbocycles. The van der Waals surface area contributed by atoms with Gasteiger partial charge in [0.25, 0.3) is 0 Å². The number of nitriles is 1. The molecular weight excluding hydrogens is 424 g/mol. The zero-order valence-corrected chi connectivity index (χ0v) is 18.6. The minimum Gasteiger partial charge on any atom is -0.497 e. The second-order valence-corrected chi connectivity index (χ2v) is 8.59. The first-order valence-electron chi connectivity index (χ1n) is 9.72. The molecule has 2 aromatic heterocycles. The largest absolute Gasteiger partial charge is 0.497 e. The molecule has 154 valence electrons. The number of para-hydroxylation sites is 1. The normalized spacial score (nSPS) is 10.5. The average Bonchev–Trinajstić information content (AvgIpc) is 3.37. The smallest absolute Gasteiger partial charge is 0.119 e. The molecule has 0 N–H and O–H groups in total. The van der Waals surface area contributed by atoms with Crippen LogP contribution in [0.2, 0.25) is 0 Å². The molecule has 0 fully saturated rings. The maximum Gasteiger partial charge on any atom is 0.119 e. The van der Waals surface area contributed by atoms with Crippen LogP contribution in [0.5, 0.6) is 11.5 Å². The zero-order valence-electron chi connectivity index (χ0n) is 16.9. The highest BCUT2D eigenvalue weighted by Gasteiger charge is 2.16. The Bertz CT molecular complexity index is 1170. The Kier molecular flexibility index (Phi) is 6.88. The molecule has 6 heteroatoms. The van der Waals surface area contributed by atoms with Crippen LogP contribution in [0.1, 0.15) is 5.56 Å². The number of nitrogens with zero attached hydrogens (tertiary/aromatic N) is 2. The lowest BCUT2D eigenvalue weighted by molar-refractivity contribution is 0.344. The summed E-state index contributed by atoms with van der Waals surface area (Å²) in [5, 5.41) is 12.7. The van der Waals surface area contributed by atoms with Crippen LogP contribution in [0.25, 0.3) is 21.7 Å². The van der Waals surface area contributed by atoms with Gasteiger partial charge in [0.1, 0.15) is 22.6 Å². The third-order valence-corrected chi connectivity index (χ3v) is 6.44. The number of rotatable bonds is 8. The quantitative estimate of drug-likeness (QED) is 0.228. The predicted octanol–water partition coefficient (Wildman–Crippen LogP) is 6.53. The van der Waals surface area contributed by atoms with Crippen molar-refractivity contribution in [3.63, 3.8) is 0 Å². The molecule has 0 unspecified atom stereocenters. The SMILES string of the molecule is COc1ccc(-c2cc(-c3cccs3)nc(SCCOc3ccccc3)c2C#N)cc1. The van der Waals surface area contributed by atoms with Gasteiger partial charge in [0.15, 0.2) is 0 Å². The van der Waals surface area contributed by atoms with E-state index >= 15 is 0 Å². The second-order valence-electron chi connectivity index (χ2n) is 6.56. The van der Waals surface area contributed by atoms with E-state index in [1.807, 2.05) is 78.2 Å². The van der Waals surface area contributed by atoms with E-state index in [0.29, 0.717) is 17.9 Å². The van der Waals surface area contributed by atoms with Gasteiger partial charge in [-0.1, -0.05) is 36.4 Å². The molecule has 0 bridgehead atoms. The Morgan fingerprint density at radius 1 is 1.00 bits per heavy atom. The Labute approximate surface area is 190 Å². The summed E-state index contributed by atoms with van der Waals surface area (Å²) in [6.45, 7) is 0.530. The number of aromatic nitrogens is 1. The molecule has 2 aromatic carbocycles. The van der Waals surface area contributed by atoms with Crippen molar-refractivity contribution in [1.29, 1.82) is 5.26 Å². The third kappa shape index (κ3) is 5.08. The summed E-state index contributed by atoms with van der Waals surface area (Å²) in [5.74, 6) is 2.30. The fraction of sp³-hybridized carbons (Fsp3) is 0.120. The minimum atomic E-state index is 0.530. The molecule has 0 spiro atoms. The van der Waals surface area contributed by atoms with Crippen molar-refractivity contribution < 1.29 is 9.47 Å². The van der Waals surface area contributed by atoms with E-state index in [2.05, 4.69) is 6.07 Å². The lowest BCUT2D eigenvalue weighted by atomic mass is 10.0. The molecule has 0 atom stereocenters. The highest BCUT2D eigenvalue weighted by atomic mass is 32.2. The van der Waals surface area contributed by atoms with Crippen LogP contribution in [0.4, 0.5) is 0 Å². The van der Waals surface area contributed by atoms with E-state index < -0.39 is 0 Å². The van der Waals surface area contributed by atoms with Crippen LogP contribution in [0, 0.1) is 11.3 Å². The molecule has 0 aliphatic rings.